The Hall–Kier alpha value is -0.0900. The zero-order chi connectivity index (χ0) is 12.1. The Balaban J connectivity index is 4.00. The molecule has 4 heteroatoms. The zero-order valence-electron chi connectivity index (χ0n) is 10.0. The van der Waals surface area contributed by atoms with Crippen molar-refractivity contribution >= 4 is 21.8 Å². The third kappa shape index (κ3) is 6.15. The van der Waals surface area contributed by atoms with Gasteiger partial charge in [0.2, 0.25) is 5.91 Å². The van der Waals surface area contributed by atoms with E-state index in [2.05, 4.69) is 21.2 Å². The molecule has 3 nitrogen and oxygen atoms in total. The molecule has 0 saturated heterocycles. The lowest BCUT2D eigenvalue weighted by atomic mass is 9.89. The number of hydrogen-bond donors (Lipinski definition) is 2. The number of nitrogens with one attached hydrogen (secondary N) is 1. The predicted molar refractivity (Wildman–Crippen MR) is 66.0 cm³/mol. The van der Waals surface area contributed by atoms with Crippen LogP contribution in [0.1, 0.15) is 34.1 Å². The molecule has 0 spiro atoms. The average molecular weight is 280 g/mol. The maximum absolute atomic E-state index is 11.6. The minimum atomic E-state index is -0.137. The largest absolute Gasteiger partial charge is 0.396 e. The summed E-state index contributed by atoms with van der Waals surface area (Å²) in [7, 11) is 0. The Morgan fingerprint density at radius 3 is 2.40 bits per heavy atom. The van der Waals surface area contributed by atoms with Crippen LogP contribution >= 0.6 is 15.9 Å². The van der Waals surface area contributed by atoms with Crippen molar-refractivity contribution in [3.05, 3.63) is 0 Å². The second-order valence-corrected chi connectivity index (χ2v) is 5.99. The first kappa shape index (κ1) is 14.9. The molecule has 1 amide bonds. The van der Waals surface area contributed by atoms with Crippen molar-refractivity contribution in [1.29, 1.82) is 0 Å². The van der Waals surface area contributed by atoms with E-state index < -0.39 is 0 Å². The summed E-state index contributed by atoms with van der Waals surface area (Å²) in [6.07, 6.45) is 0.696. The topological polar surface area (TPSA) is 49.3 Å². The third-order valence-electron chi connectivity index (χ3n) is 2.37. The molecule has 0 aliphatic carbocycles. The summed E-state index contributed by atoms with van der Waals surface area (Å²) < 4.78 is 0. The van der Waals surface area contributed by atoms with Crippen LogP contribution in [0.25, 0.3) is 0 Å². The second-order valence-electron chi connectivity index (χ2n) is 5.00. The van der Waals surface area contributed by atoms with Crippen LogP contribution in [0.5, 0.6) is 0 Å². The van der Waals surface area contributed by atoms with E-state index in [1.807, 2.05) is 27.7 Å². The molecule has 0 aliphatic rings. The monoisotopic (exact) mass is 279 g/mol. The number of alkyl halides is 1. The van der Waals surface area contributed by atoms with E-state index in [-0.39, 0.29) is 28.7 Å². The first-order valence-electron chi connectivity index (χ1n) is 5.33. The summed E-state index contributed by atoms with van der Waals surface area (Å²) >= 11 is 3.35. The van der Waals surface area contributed by atoms with Crippen molar-refractivity contribution in [3.63, 3.8) is 0 Å². The molecule has 1 atom stereocenters. The number of halogens is 1. The highest BCUT2D eigenvalue weighted by atomic mass is 79.9. The summed E-state index contributed by atoms with van der Waals surface area (Å²) in [5, 5.41) is 11.7. The lowest BCUT2D eigenvalue weighted by Gasteiger charge is -2.25. The van der Waals surface area contributed by atoms with Crippen molar-refractivity contribution in [1.82, 2.24) is 5.32 Å². The van der Waals surface area contributed by atoms with Gasteiger partial charge in [0.25, 0.3) is 0 Å². The SMILES string of the molecule is CC(C)C(Br)C(=O)NCC(C)(C)CCO. The Kier molecular flexibility index (Phi) is 6.44. The van der Waals surface area contributed by atoms with Crippen LogP contribution in [0.4, 0.5) is 0 Å². The van der Waals surface area contributed by atoms with Crippen LogP contribution in [0, 0.1) is 11.3 Å². The fraction of sp³-hybridized carbons (Fsp3) is 0.909. The van der Waals surface area contributed by atoms with Gasteiger partial charge < -0.3 is 10.4 Å². The second kappa shape index (κ2) is 6.48. The van der Waals surface area contributed by atoms with Crippen LogP contribution in [0.3, 0.4) is 0 Å². The number of carbonyl (C=O) groups excluding carboxylic acids is 1. The summed E-state index contributed by atoms with van der Waals surface area (Å²) in [6.45, 7) is 8.81. The van der Waals surface area contributed by atoms with Crippen LogP contribution in [0.2, 0.25) is 0 Å². The van der Waals surface area contributed by atoms with Gasteiger partial charge >= 0.3 is 0 Å². The van der Waals surface area contributed by atoms with Gasteiger partial charge in [0.1, 0.15) is 0 Å². The van der Waals surface area contributed by atoms with E-state index in [4.69, 9.17) is 5.11 Å². The molecule has 0 aromatic rings. The molecule has 0 aromatic heterocycles. The zero-order valence-corrected chi connectivity index (χ0v) is 11.6. The maximum atomic E-state index is 11.6. The van der Waals surface area contributed by atoms with Crippen LogP contribution in [0.15, 0.2) is 0 Å². The Morgan fingerprint density at radius 2 is 2.00 bits per heavy atom. The smallest absolute Gasteiger partial charge is 0.234 e. The van der Waals surface area contributed by atoms with Crippen molar-refractivity contribution in [2.24, 2.45) is 11.3 Å². The number of carbonyl (C=O) groups is 1. The molecule has 15 heavy (non-hydrogen) atoms. The average Bonchev–Trinajstić information content (AvgIpc) is 2.13. The first-order valence-corrected chi connectivity index (χ1v) is 6.24. The summed E-state index contributed by atoms with van der Waals surface area (Å²) in [5.74, 6) is 0.307. The molecule has 0 heterocycles. The minimum absolute atomic E-state index is 0.0241. The molecule has 0 saturated carbocycles. The van der Waals surface area contributed by atoms with Crippen LogP contribution in [-0.4, -0.2) is 29.0 Å². The van der Waals surface area contributed by atoms with Gasteiger partial charge in [-0.1, -0.05) is 43.6 Å². The van der Waals surface area contributed by atoms with E-state index in [9.17, 15) is 4.79 Å². The van der Waals surface area contributed by atoms with Gasteiger partial charge in [0.15, 0.2) is 0 Å². The van der Waals surface area contributed by atoms with Crippen molar-refractivity contribution < 1.29 is 9.90 Å². The molecular formula is C11H22BrNO2. The van der Waals surface area contributed by atoms with Gasteiger partial charge in [-0.15, -0.1) is 0 Å². The molecule has 0 rings (SSSR count). The maximum Gasteiger partial charge on any atom is 0.234 e. The molecular weight excluding hydrogens is 258 g/mol. The van der Waals surface area contributed by atoms with Gasteiger partial charge in [0.05, 0.1) is 4.83 Å². The number of amides is 1. The Morgan fingerprint density at radius 1 is 1.47 bits per heavy atom. The van der Waals surface area contributed by atoms with Gasteiger partial charge in [-0.05, 0) is 17.8 Å². The lowest BCUT2D eigenvalue weighted by Crippen LogP contribution is -2.40. The molecule has 2 N–H and O–H groups in total. The highest BCUT2D eigenvalue weighted by Crippen LogP contribution is 2.19. The Bertz CT molecular complexity index is 205. The van der Waals surface area contributed by atoms with E-state index in [1.165, 1.54) is 0 Å². The molecule has 0 fully saturated rings. The number of aliphatic hydroxyl groups excluding tert-OH is 1. The van der Waals surface area contributed by atoms with Gasteiger partial charge in [0, 0.05) is 13.2 Å². The van der Waals surface area contributed by atoms with E-state index in [1.54, 1.807) is 0 Å². The van der Waals surface area contributed by atoms with Gasteiger partial charge in [-0.3, -0.25) is 4.79 Å². The normalized spacial score (nSPS) is 14.1. The summed E-state index contributed by atoms with van der Waals surface area (Å²) in [6, 6.07) is 0. The number of hydrogen-bond acceptors (Lipinski definition) is 2. The minimum Gasteiger partial charge on any atom is -0.396 e. The highest BCUT2D eigenvalue weighted by molar-refractivity contribution is 9.10. The fourth-order valence-electron chi connectivity index (χ4n) is 1.12. The molecule has 0 aliphatic heterocycles. The Labute approximate surface area is 101 Å². The van der Waals surface area contributed by atoms with E-state index in [0.717, 1.165) is 0 Å². The van der Waals surface area contributed by atoms with Crippen molar-refractivity contribution in [2.75, 3.05) is 13.2 Å². The fourth-order valence-corrected chi connectivity index (χ4v) is 1.28. The van der Waals surface area contributed by atoms with Crippen molar-refractivity contribution in [3.8, 4) is 0 Å². The summed E-state index contributed by atoms with van der Waals surface area (Å²) in [4.78, 5) is 11.5. The standard InChI is InChI=1S/C11H22BrNO2/c1-8(2)9(12)10(15)13-7-11(3,4)5-6-14/h8-9,14H,5-7H2,1-4H3,(H,13,15). The van der Waals surface area contributed by atoms with Crippen LogP contribution in [-0.2, 0) is 4.79 Å². The number of aliphatic hydroxyl groups is 1. The lowest BCUT2D eigenvalue weighted by molar-refractivity contribution is -0.121. The molecule has 1 unspecified atom stereocenters. The molecule has 90 valence electrons. The number of rotatable bonds is 6. The van der Waals surface area contributed by atoms with Crippen molar-refractivity contribution in [2.45, 2.75) is 38.9 Å². The predicted octanol–water partition coefficient (Wildman–Crippen LogP) is 1.93. The quantitative estimate of drug-likeness (QED) is 0.730. The third-order valence-corrected chi connectivity index (χ3v) is 3.84. The van der Waals surface area contributed by atoms with Gasteiger partial charge in [-0.2, -0.15) is 0 Å². The molecule has 0 radical (unpaired) electrons. The summed E-state index contributed by atoms with van der Waals surface area (Å²) in [5.41, 5.74) is -0.0475. The molecule has 0 aromatic carbocycles. The van der Waals surface area contributed by atoms with E-state index in [0.29, 0.717) is 13.0 Å². The molecule has 0 bridgehead atoms. The van der Waals surface area contributed by atoms with Gasteiger partial charge in [-0.25, -0.2) is 0 Å². The first-order chi connectivity index (χ1) is 6.80. The van der Waals surface area contributed by atoms with E-state index >= 15 is 0 Å². The highest BCUT2D eigenvalue weighted by Gasteiger charge is 2.22. The van der Waals surface area contributed by atoms with Crippen LogP contribution < -0.4 is 5.32 Å².